The van der Waals surface area contributed by atoms with Crippen LogP contribution in [0.4, 0.5) is 5.95 Å². The molecule has 0 aromatic carbocycles. The summed E-state index contributed by atoms with van der Waals surface area (Å²) in [6.07, 6.45) is 5.57. The van der Waals surface area contributed by atoms with E-state index in [1.807, 2.05) is 11.8 Å². The van der Waals surface area contributed by atoms with E-state index in [0.29, 0.717) is 31.4 Å². The smallest absolute Gasteiger partial charge is 0.241 e. The van der Waals surface area contributed by atoms with Crippen LogP contribution in [-0.4, -0.2) is 43.5 Å². The summed E-state index contributed by atoms with van der Waals surface area (Å²) in [5.74, 6) is 0.499. The van der Waals surface area contributed by atoms with Gasteiger partial charge in [-0.2, -0.15) is 15.0 Å². The third-order valence-electron chi connectivity index (χ3n) is 3.67. The van der Waals surface area contributed by atoms with Crippen molar-refractivity contribution in [3.8, 4) is 5.95 Å². The summed E-state index contributed by atoms with van der Waals surface area (Å²) in [6.45, 7) is 2.95. The molecule has 0 bridgehead atoms. The Morgan fingerprint density at radius 1 is 1.38 bits per heavy atom. The molecular formula is C12H14ClN7O. The van der Waals surface area contributed by atoms with Gasteiger partial charge in [0.25, 0.3) is 0 Å². The van der Waals surface area contributed by atoms with E-state index in [-0.39, 0.29) is 11.2 Å². The van der Waals surface area contributed by atoms with Crippen molar-refractivity contribution >= 4 is 23.5 Å². The number of anilines is 1. The Labute approximate surface area is 126 Å². The second-order valence-corrected chi connectivity index (χ2v) is 5.61. The number of nitrogens with zero attached hydrogens (tertiary/aromatic N) is 6. The molecule has 1 amide bonds. The first-order chi connectivity index (χ1) is 9.98. The van der Waals surface area contributed by atoms with Gasteiger partial charge < -0.3 is 10.6 Å². The molecule has 1 aliphatic rings. The second kappa shape index (κ2) is 4.96. The fourth-order valence-electron chi connectivity index (χ4n) is 2.30. The number of primary amides is 1. The Kier molecular flexibility index (Phi) is 3.25. The number of rotatable bonds is 3. The quantitative estimate of drug-likeness (QED) is 0.881. The van der Waals surface area contributed by atoms with Gasteiger partial charge in [-0.25, -0.2) is 4.98 Å². The highest BCUT2D eigenvalue weighted by atomic mass is 35.5. The van der Waals surface area contributed by atoms with Crippen LogP contribution in [0.3, 0.4) is 0 Å². The Hall–Kier alpha value is -2.22. The third-order valence-corrected chi connectivity index (χ3v) is 3.84. The molecule has 1 saturated heterocycles. The Bertz CT molecular complexity index is 674. The predicted molar refractivity (Wildman–Crippen MR) is 76.1 cm³/mol. The first kappa shape index (κ1) is 13.7. The molecule has 9 heteroatoms. The van der Waals surface area contributed by atoms with Gasteiger partial charge >= 0.3 is 0 Å². The van der Waals surface area contributed by atoms with E-state index in [0.717, 1.165) is 0 Å². The first-order valence-corrected chi connectivity index (χ1v) is 6.80. The fraction of sp³-hybridized carbons (Fsp3) is 0.417. The van der Waals surface area contributed by atoms with Crippen molar-refractivity contribution in [2.24, 2.45) is 11.1 Å². The molecule has 2 N–H and O–H groups in total. The molecule has 3 heterocycles. The van der Waals surface area contributed by atoms with Crippen molar-refractivity contribution < 1.29 is 4.79 Å². The fourth-order valence-corrected chi connectivity index (χ4v) is 2.45. The van der Waals surface area contributed by atoms with E-state index in [4.69, 9.17) is 17.3 Å². The molecule has 1 unspecified atom stereocenters. The van der Waals surface area contributed by atoms with Crippen LogP contribution in [0.5, 0.6) is 0 Å². The molecule has 0 saturated carbocycles. The van der Waals surface area contributed by atoms with Crippen LogP contribution in [0.2, 0.25) is 5.28 Å². The summed E-state index contributed by atoms with van der Waals surface area (Å²) in [5, 5.41) is 0.0939. The van der Waals surface area contributed by atoms with Gasteiger partial charge in [0.15, 0.2) is 0 Å². The lowest BCUT2D eigenvalue weighted by molar-refractivity contribution is -0.125. The minimum absolute atomic E-state index is 0.0939. The molecular weight excluding hydrogens is 294 g/mol. The van der Waals surface area contributed by atoms with E-state index in [1.165, 1.54) is 0 Å². The Morgan fingerprint density at radius 3 is 2.76 bits per heavy atom. The lowest BCUT2D eigenvalue weighted by Gasteiger charge is -2.21. The average Bonchev–Trinajstić information content (AvgIpc) is 3.08. The Morgan fingerprint density at radius 2 is 2.14 bits per heavy atom. The maximum absolute atomic E-state index is 11.5. The standard InChI is InChI=1S/C12H14ClN7O/c1-12(8(14)21)2-4-19(6-12)10-16-9(13)17-11(18-10)20-5-3-15-7-20/h3,5,7H,2,4,6H2,1H3,(H2,14,21). The normalized spacial score (nSPS) is 21.7. The molecule has 1 aliphatic heterocycles. The van der Waals surface area contributed by atoms with Crippen molar-refractivity contribution in [1.29, 1.82) is 0 Å². The molecule has 1 atom stereocenters. The molecule has 3 rings (SSSR count). The zero-order valence-corrected chi connectivity index (χ0v) is 12.2. The maximum atomic E-state index is 11.5. The molecule has 0 radical (unpaired) electrons. The van der Waals surface area contributed by atoms with Gasteiger partial charge in [0.05, 0.1) is 5.41 Å². The van der Waals surface area contributed by atoms with Gasteiger partial charge in [-0.3, -0.25) is 9.36 Å². The number of halogens is 1. The predicted octanol–water partition coefficient (Wildman–Crippen LogP) is 0.412. The number of carbonyl (C=O) groups is 1. The molecule has 8 nitrogen and oxygen atoms in total. The lowest BCUT2D eigenvalue weighted by atomic mass is 9.89. The van der Waals surface area contributed by atoms with Gasteiger partial charge in [0.2, 0.25) is 23.1 Å². The molecule has 1 fully saturated rings. The van der Waals surface area contributed by atoms with Crippen molar-refractivity contribution in [3.05, 3.63) is 24.0 Å². The number of imidazole rings is 1. The topological polar surface area (TPSA) is 103 Å². The lowest BCUT2D eigenvalue weighted by Crippen LogP contribution is -2.37. The van der Waals surface area contributed by atoms with Gasteiger partial charge in [-0.1, -0.05) is 0 Å². The average molecular weight is 308 g/mol. The monoisotopic (exact) mass is 307 g/mol. The second-order valence-electron chi connectivity index (χ2n) is 5.27. The Balaban J connectivity index is 1.92. The van der Waals surface area contributed by atoms with Gasteiger partial charge in [-0.05, 0) is 24.9 Å². The number of carbonyl (C=O) groups excluding carboxylic acids is 1. The summed E-state index contributed by atoms with van der Waals surface area (Å²) in [5.41, 5.74) is 4.88. The SMILES string of the molecule is CC1(C(N)=O)CCN(c2nc(Cl)nc(-n3ccnc3)n2)C1. The highest BCUT2D eigenvalue weighted by Gasteiger charge is 2.40. The van der Waals surface area contributed by atoms with Crippen LogP contribution in [0.1, 0.15) is 13.3 Å². The van der Waals surface area contributed by atoms with Crippen molar-refractivity contribution in [2.45, 2.75) is 13.3 Å². The van der Waals surface area contributed by atoms with Crippen LogP contribution in [0.15, 0.2) is 18.7 Å². The summed E-state index contributed by atoms with van der Waals surface area (Å²) >= 11 is 5.96. The largest absolute Gasteiger partial charge is 0.369 e. The van der Waals surface area contributed by atoms with Crippen LogP contribution in [0, 0.1) is 5.41 Å². The summed E-state index contributed by atoms with van der Waals surface area (Å²) in [6, 6.07) is 0. The molecule has 110 valence electrons. The molecule has 2 aromatic heterocycles. The summed E-state index contributed by atoms with van der Waals surface area (Å²) in [7, 11) is 0. The van der Waals surface area contributed by atoms with E-state index in [2.05, 4.69) is 19.9 Å². The highest BCUT2D eigenvalue weighted by molar-refractivity contribution is 6.28. The molecule has 0 aliphatic carbocycles. The summed E-state index contributed by atoms with van der Waals surface area (Å²) in [4.78, 5) is 29.9. The first-order valence-electron chi connectivity index (χ1n) is 6.43. The molecule has 0 spiro atoms. The minimum atomic E-state index is -0.575. The molecule has 21 heavy (non-hydrogen) atoms. The van der Waals surface area contributed by atoms with Crippen LogP contribution in [0.25, 0.3) is 5.95 Å². The third kappa shape index (κ3) is 2.54. The number of nitrogens with two attached hydrogens (primary N) is 1. The molecule has 2 aromatic rings. The van der Waals surface area contributed by atoms with Crippen molar-refractivity contribution in [1.82, 2.24) is 24.5 Å². The van der Waals surface area contributed by atoms with Gasteiger partial charge in [0, 0.05) is 25.5 Å². The zero-order valence-electron chi connectivity index (χ0n) is 11.4. The van der Waals surface area contributed by atoms with Crippen LogP contribution < -0.4 is 10.6 Å². The van der Waals surface area contributed by atoms with Gasteiger partial charge in [0.1, 0.15) is 6.33 Å². The van der Waals surface area contributed by atoms with Crippen LogP contribution >= 0.6 is 11.6 Å². The van der Waals surface area contributed by atoms with Crippen LogP contribution in [-0.2, 0) is 4.79 Å². The minimum Gasteiger partial charge on any atom is -0.369 e. The van der Waals surface area contributed by atoms with E-state index in [9.17, 15) is 4.79 Å². The van der Waals surface area contributed by atoms with E-state index >= 15 is 0 Å². The number of amides is 1. The van der Waals surface area contributed by atoms with Crippen molar-refractivity contribution in [3.63, 3.8) is 0 Å². The highest BCUT2D eigenvalue weighted by Crippen LogP contribution is 2.31. The number of aromatic nitrogens is 5. The zero-order chi connectivity index (χ0) is 15.0. The number of hydrogen-bond donors (Lipinski definition) is 1. The number of hydrogen-bond acceptors (Lipinski definition) is 6. The summed E-state index contributed by atoms with van der Waals surface area (Å²) < 4.78 is 1.64. The van der Waals surface area contributed by atoms with E-state index < -0.39 is 5.41 Å². The van der Waals surface area contributed by atoms with Crippen molar-refractivity contribution in [2.75, 3.05) is 18.0 Å². The van der Waals surface area contributed by atoms with E-state index in [1.54, 1.807) is 23.3 Å². The maximum Gasteiger partial charge on any atom is 0.241 e. The van der Waals surface area contributed by atoms with Gasteiger partial charge in [-0.15, -0.1) is 0 Å².